The molecule has 10 heteroatoms. The third-order valence-corrected chi connectivity index (χ3v) is 7.43. The van der Waals surface area contributed by atoms with Crippen LogP contribution in [0.5, 0.6) is 0 Å². The maximum Gasteiger partial charge on any atom is 0.408 e. The molecule has 0 spiro atoms. The molecular weight excluding hydrogens is 485 g/mol. The van der Waals surface area contributed by atoms with Crippen molar-refractivity contribution in [1.82, 2.24) is 19.2 Å². The second-order valence-corrected chi connectivity index (χ2v) is 10.8. The van der Waals surface area contributed by atoms with Gasteiger partial charge in [-0.25, -0.2) is 22.9 Å². The Labute approximate surface area is 212 Å². The van der Waals surface area contributed by atoms with Crippen LogP contribution in [0.3, 0.4) is 0 Å². The summed E-state index contributed by atoms with van der Waals surface area (Å²) in [7, 11) is 0. The van der Waals surface area contributed by atoms with Crippen molar-refractivity contribution < 1.29 is 27.9 Å². The van der Waals surface area contributed by atoms with Gasteiger partial charge in [0, 0.05) is 67.0 Å². The molecule has 3 heterocycles. The summed E-state index contributed by atoms with van der Waals surface area (Å²) < 4.78 is 44.7. The zero-order valence-electron chi connectivity index (χ0n) is 21.0. The Morgan fingerprint density at radius 2 is 1.70 bits per heavy atom. The molecular formula is C27H29F3N4O3. The summed E-state index contributed by atoms with van der Waals surface area (Å²) >= 11 is 0. The number of benzene rings is 1. The molecule has 7 nitrogen and oxygen atoms in total. The highest BCUT2D eigenvalue weighted by Crippen LogP contribution is 2.40. The lowest BCUT2D eigenvalue weighted by molar-refractivity contribution is 0.0566. The number of hydrogen-bond donors (Lipinski definition) is 1. The molecule has 1 saturated heterocycles. The molecule has 2 amide bonds. The molecule has 0 saturated carbocycles. The quantitative estimate of drug-likeness (QED) is 0.498. The van der Waals surface area contributed by atoms with Crippen molar-refractivity contribution in [3.05, 3.63) is 70.4 Å². The number of imidazole rings is 1. The Morgan fingerprint density at radius 3 is 2.35 bits per heavy atom. The van der Waals surface area contributed by atoms with Crippen LogP contribution in [0.15, 0.2) is 30.5 Å². The fourth-order valence-electron chi connectivity index (χ4n) is 5.78. The molecule has 3 aromatic rings. The maximum absolute atomic E-state index is 15.0. The molecule has 1 aromatic carbocycles. The highest BCUT2D eigenvalue weighted by molar-refractivity contribution is 5.95. The lowest BCUT2D eigenvalue weighted by Gasteiger charge is -2.45. The summed E-state index contributed by atoms with van der Waals surface area (Å²) in [6.45, 7) is 6.64. The van der Waals surface area contributed by atoms with Gasteiger partial charge in [-0.3, -0.25) is 9.69 Å². The molecule has 2 aliphatic rings. The van der Waals surface area contributed by atoms with Gasteiger partial charge in [-0.1, -0.05) is 0 Å². The third-order valence-electron chi connectivity index (χ3n) is 7.43. The van der Waals surface area contributed by atoms with E-state index in [1.165, 1.54) is 4.90 Å². The standard InChI is InChI=1S/C27H29F3N4O3/c1-27(2,3)34(26(36)37)22-14-23-21(12-17(22)16-11-19(29)20(30)13-18(16)28)31-24-10-15(6-9-33(23)24)25(35)32-7-4-5-8-32/h6,9-11,13,17,22H,4-5,7-8,12,14H2,1-3H3,(H,36,37)/t17-,22-/m1/s1. The van der Waals surface area contributed by atoms with Gasteiger partial charge in [-0.2, -0.15) is 0 Å². The van der Waals surface area contributed by atoms with E-state index in [0.717, 1.165) is 37.7 Å². The van der Waals surface area contributed by atoms with Crippen LogP contribution >= 0.6 is 0 Å². The number of nitrogens with zero attached hydrogens (tertiary/aromatic N) is 4. The first-order chi connectivity index (χ1) is 17.5. The summed E-state index contributed by atoms with van der Waals surface area (Å²) in [6, 6.07) is 3.98. The lowest BCUT2D eigenvalue weighted by Crippen LogP contribution is -2.55. The van der Waals surface area contributed by atoms with Crippen LogP contribution in [-0.2, 0) is 12.8 Å². The number of carboxylic acid groups (broad SMARTS) is 1. The number of likely N-dealkylation sites (tertiary alicyclic amines) is 1. The zero-order chi connectivity index (χ0) is 26.6. The van der Waals surface area contributed by atoms with Gasteiger partial charge in [0.2, 0.25) is 0 Å². The zero-order valence-corrected chi connectivity index (χ0v) is 21.0. The lowest BCUT2D eigenvalue weighted by atomic mass is 9.78. The van der Waals surface area contributed by atoms with Gasteiger partial charge in [0.05, 0.1) is 5.69 Å². The molecule has 37 heavy (non-hydrogen) atoms. The van der Waals surface area contributed by atoms with Crippen LogP contribution in [0, 0.1) is 17.5 Å². The molecule has 1 aliphatic carbocycles. The van der Waals surface area contributed by atoms with E-state index in [4.69, 9.17) is 4.98 Å². The van der Waals surface area contributed by atoms with Crippen LogP contribution in [0.4, 0.5) is 18.0 Å². The predicted molar refractivity (Wildman–Crippen MR) is 130 cm³/mol. The number of pyridine rings is 1. The van der Waals surface area contributed by atoms with Crippen LogP contribution in [-0.4, -0.2) is 61.0 Å². The topological polar surface area (TPSA) is 78.1 Å². The van der Waals surface area contributed by atoms with Crippen LogP contribution < -0.4 is 0 Å². The molecule has 2 aromatic heterocycles. The number of fused-ring (bicyclic) bond motifs is 3. The summed E-state index contributed by atoms with van der Waals surface area (Å²) in [4.78, 5) is 33.1. The van der Waals surface area contributed by atoms with E-state index in [-0.39, 0.29) is 24.3 Å². The van der Waals surface area contributed by atoms with Crippen LogP contribution in [0.25, 0.3) is 5.65 Å². The molecule has 0 bridgehead atoms. The molecule has 5 rings (SSSR count). The van der Waals surface area contributed by atoms with Gasteiger partial charge in [-0.15, -0.1) is 0 Å². The first kappa shape index (κ1) is 25.1. The minimum Gasteiger partial charge on any atom is -0.465 e. The first-order valence-electron chi connectivity index (χ1n) is 12.4. The average Bonchev–Trinajstić information content (AvgIpc) is 3.47. The van der Waals surface area contributed by atoms with Crippen molar-refractivity contribution in [2.24, 2.45) is 0 Å². The molecule has 0 unspecified atom stereocenters. The number of hydrogen-bond acceptors (Lipinski definition) is 3. The average molecular weight is 515 g/mol. The van der Waals surface area contributed by atoms with E-state index >= 15 is 0 Å². The molecule has 1 fully saturated rings. The Balaban J connectivity index is 1.61. The SMILES string of the molecule is CC(C)(C)N(C(=O)O)[C@@H]1Cc2c(nc3cc(C(=O)N4CCCC4)ccn23)C[C@@H]1c1cc(F)c(F)cc1F. The largest absolute Gasteiger partial charge is 0.465 e. The van der Waals surface area contributed by atoms with Crippen LogP contribution in [0.2, 0.25) is 0 Å². The Bertz CT molecular complexity index is 1390. The summed E-state index contributed by atoms with van der Waals surface area (Å²) in [5.41, 5.74) is 1.45. The molecule has 1 N–H and O–H groups in total. The molecule has 0 radical (unpaired) electrons. The van der Waals surface area contributed by atoms with E-state index in [0.29, 0.717) is 23.0 Å². The number of amides is 2. The van der Waals surface area contributed by atoms with E-state index in [2.05, 4.69) is 0 Å². The Morgan fingerprint density at radius 1 is 1.03 bits per heavy atom. The van der Waals surface area contributed by atoms with Gasteiger partial charge >= 0.3 is 6.09 Å². The van der Waals surface area contributed by atoms with Crippen molar-refractivity contribution >= 4 is 17.6 Å². The van der Waals surface area contributed by atoms with Crippen molar-refractivity contribution in [2.75, 3.05) is 13.1 Å². The van der Waals surface area contributed by atoms with Crippen molar-refractivity contribution in [2.45, 2.75) is 64.0 Å². The minimum absolute atomic E-state index is 0.0645. The minimum atomic E-state index is -1.30. The van der Waals surface area contributed by atoms with E-state index in [9.17, 15) is 27.9 Å². The normalized spacial score (nSPS) is 19.8. The number of aromatic nitrogens is 2. The highest BCUT2D eigenvalue weighted by Gasteiger charge is 2.43. The van der Waals surface area contributed by atoms with Crippen LogP contribution in [0.1, 0.15) is 66.8 Å². The second-order valence-electron chi connectivity index (χ2n) is 10.8. The summed E-state index contributed by atoms with van der Waals surface area (Å²) in [5.74, 6) is -4.29. The molecule has 1 aliphatic heterocycles. The van der Waals surface area contributed by atoms with E-state index < -0.39 is 41.0 Å². The number of carbonyl (C=O) groups is 2. The second kappa shape index (κ2) is 9.08. The smallest absolute Gasteiger partial charge is 0.408 e. The van der Waals surface area contributed by atoms with Gasteiger partial charge < -0.3 is 14.4 Å². The van der Waals surface area contributed by atoms with Gasteiger partial charge in [0.25, 0.3) is 5.91 Å². The first-order valence-corrected chi connectivity index (χ1v) is 12.4. The van der Waals surface area contributed by atoms with Gasteiger partial charge in [0.1, 0.15) is 11.5 Å². The molecule has 2 atom stereocenters. The molecule has 196 valence electrons. The van der Waals surface area contributed by atoms with Crippen molar-refractivity contribution in [3.8, 4) is 0 Å². The fraction of sp³-hybridized carbons (Fsp3) is 0.444. The number of halogens is 3. The number of carbonyl (C=O) groups excluding carboxylic acids is 1. The summed E-state index contributed by atoms with van der Waals surface area (Å²) in [5, 5.41) is 10.1. The Hall–Kier alpha value is -3.56. The van der Waals surface area contributed by atoms with Gasteiger partial charge in [0.15, 0.2) is 11.6 Å². The summed E-state index contributed by atoms with van der Waals surface area (Å²) in [6.07, 6.45) is 2.82. The van der Waals surface area contributed by atoms with E-state index in [1.54, 1.807) is 44.0 Å². The van der Waals surface area contributed by atoms with Crippen molar-refractivity contribution in [1.29, 1.82) is 0 Å². The number of rotatable bonds is 3. The third kappa shape index (κ3) is 4.42. The van der Waals surface area contributed by atoms with Gasteiger partial charge in [-0.05, 0) is 57.4 Å². The van der Waals surface area contributed by atoms with Crippen molar-refractivity contribution in [3.63, 3.8) is 0 Å². The highest BCUT2D eigenvalue weighted by atomic mass is 19.2. The fourth-order valence-corrected chi connectivity index (χ4v) is 5.78. The maximum atomic E-state index is 15.0. The Kier molecular flexibility index (Phi) is 6.16. The monoisotopic (exact) mass is 514 g/mol. The van der Waals surface area contributed by atoms with E-state index in [1.807, 2.05) is 4.40 Å². The predicted octanol–water partition coefficient (Wildman–Crippen LogP) is 5.02.